The summed E-state index contributed by atoms with van der Waals surface area (Å²) in [6.07, 6.45) is 2.81. The molecule has 1 amide bonds. The number of hydrogen-bond donors (Lipinski definition) is 2. The number of nitrogens with zero attached hydrogens (tertiary/aromatic N) is 2. The molecule has 4 aromatic rings. The van der Waals surface area contributed by atoms with Gasteiger partial charge in [-0.05, 0) is 67.8 Å². The van der Waals surface area contributed by atoms with Crippen molar-refractivity contribution in [3.05, 3.63) is 99.7 Å². The molecule has 0 radical (unpaired) electrons. The topological polar surface area (TPSA) is 76.4 Å². The van der Waals surface area contributed by atoms with Crippen LogP contribution in [0.15, 0.2) is 72.8 Å². The van der Waals surface area contributed by atoms with Gasteiger partial charge in [0.15, 0.2) is 5.69 Å². The molecule has 1 aromatic heterocycles. The van der Waals surface area contributed by atoms with Gasteiger partial charge in [-0.25, -0.2) is 4.68 Å². The van der Waals surface area contributed by atoms with Gasteiger partial charge in [0.05, 0.1) is 28.5 Å². The standard InChI is InChI=1S/C30H29Cl2N3O3/c1-19-28(30(37)33-25-9-5-6-10-27(25)36)34-35(26-16-13-22(31)17-24(26)32)29(19)21-11-14-23(15-12-21)38-18-20-7-3-2-4-8-20/h2-4,7-8,11-17,25,27,36H,5-6,9-10,18H2,1H3,(H,33,37)/t25-,27+/m0/s1. The Labute approximate surface area is 232 Å². The van der Waals surface area contributed by atoms with Crippen LogP contribution in [0.25, 0.3) is 16.9 Å². The molecule has 38 heavy (non-hydrogen) atoms. The molecule has 0 spiro atoms. The molecule has 2 atom stereocenters. The van der Waals surface area contributed by atoms with E-state index in [0.717, 1.165) is 41.8 Å². The maximum Gasteiger partial charge on any atom is 0.272 e. The van der Waals surface area contributed by atoms with E-state index < -0.39 is 6.10 Å². The highest BCUT2D eigenvalue weighted by Gasteiger charge is 2.28. The highest BCUT2D eigenvalue weighted by Crippen LogP contribution is 2.34. The quantitative estimate of drug-likeness (QED) is 0.266. The van der Waals surface area contributed by atoms with E-state index in [1.807, 2.05) is 61.5 Å². The zero-order valence-corrected chi connectivity index (χ0v) is 22.5. The summed E-state index contributed by atoms with van der Waals surface area (Å²) < 4.78 is 7.63. The van der Waals surface area contributed by atoms with Crippen LogP contribution in [0.2, 0.25) is 10.0 Å². The van der Waals surface area contributed by atoms with Gasteiger partial charge in [-0.3, -0.25) is 4.79 Å². The van der Waals surface area contributed by atoms with Gasteiger partial charge in [-0.1, -0.05) is 66.4 Å². The average molecular weight is 550 g/mol. The summed E-state index contributed by atoms with van der Waals surface area (Å²) in [5, 5.41) is 19.0. The minimum atomic E-state index is -0.552. The highest BCUT2D eigenvalue weighted by atomic mass is 35.5. The number of halogens is 2. The first-order valence-corrected chi connectivity index (χ1v) is 13.5. The van der Waals surface area contributed by atoms with Crippen molar-refractivity contribution in [3.8, 4) is 22.7 Å². The smallest absolute Gasteiger partial charge is 0.272 e. The number of aromatic nitrogens is 2. The third kappa shape index (κ3) is 5.73. The lowest BCUT2D eigenvalue weighted by Gasteiger charge is -2.28. The number of carbonyl (C=O) groups is 1. The minimum Gasteiger partial charge on any atom is -0.489 e. The molecule has 0 saturated heterocycles. The second-order valence-corrected chi connectivity index (χ2v) is 10.4. The maximum absolute atomic E-state index is 13.3. The molecular weight excluding hydrogens is 521 g/mol. The van der Waals surface area contributed by atoms with Crippen molar-refractivity contribution in [1.29, 1.82) is 0 Å². The minimum absolute atomic E-state index is 0.285. The largest absolute Gasteiger partial charge is 0.489 e. The van der Waals surface area contributed by atoms with Crippen molar-refractivity contribution in [2.75, 3.05) is 0 Å². The van der Waals surface area contributed by atoms with Gasteiger partial charge in [0.25, 0.3) is 5.91 Å². The third-order valence-corrected chi connectivity index (χ3v) is 7.44. The molecule has 1 saturated carbocycles. The summed E-state index contributed by atoms with van der Waals surface area (Å²) in [5.74, 6) is 0.413. The van der Waals surface area contributed by atoms with E-state index in [2.05, 4.69) is 5.32 Å². The Hall–Kier alpha value is -3.32. The lowest BCUT2D eigenvalue weighted by molar-refractivity contribution is 0.0713. The van der Waals surface area contributed by atoms with E-state index in [9.17, 15) is 9.90 Å². The van der Waals surface area contributed by atoms with E-state index in [-0.39, 0.29) is 17.6 Å². The van der Waals surface area contributed by atoms with Gasteiger partial charge < -0.3 is 15.2 Å². The van der Waals surface area contributed by atoms with Gasteiger partial charge in [-0.2, -0.15) is 5.10 Å². The average Bonchev–Trinajstić information content (AvgIpc) is 3.26. The molecule has 5 rings (SSSR count). The Kier molecular flexibility index (Phi) is 8.03. The molecule has 1 fully saturated rings. The predicted molar refractivity (Wildman–Crippen MR) is 150 cm³/mol. The fraction of sp³-hybridized carbons (Fsp3) is 0.267. The molecule has 196 valence electrons. The molecule has 6 nitrogen and oxygen atoms in total. The summed E-state index contributed by atoms with van der Waals surface area (Å²) >= 11 is 12.7. The van der Waals surface area contributed by atoms with Crippen LogP contribution in [-0.4, -0.2) is 32.9 Å². The second kappa shape index (κ2) is 11.6. The fourth-order valence-corrected chi connectivity index (χ4v) is 5.33. The Morgan fingerprint density at radius 1 is 1.05 bits per heavy atom. The van der Waals surface area contributed by atoms with Gasteiger partial charge >= 0.3 is 0 Å². The van der Waals surface area contributed by atoms with E-state index in [1.165, 1.54) is 0 Å². The summed E-state index contributed by atoms with van der Waals surface area (Å²) in [7, 11) is 0. The zero-order valence-electron chi connectivity index (χ0n) is 21.0. The number of nitrogens with one attached hydrogen (secondary N) is 1. The van der Waals surface area contributed by atoms with Crippen LogP contribution in [0.1, 0.15) is 47.3 Å². The fourth-order valence-electron chi connectivity index (χ4n) is 4.84. The number of hydrogen-bond acceptors (Lipinski definition) is 4. The van der Waals surface area contributed by atoms with Crippen molar-refractivity contribution in [2.45, 2.75) is 51.4 Å². The first-order chi connectivity index (χ1) is 18.4. The molecule has 2 N–H and O–H groups in total. The Bertz CT molecular complexity index is 1420. The summed E-state index contributed by atoms with van der Waals surface area (Å²) in [5.41, 5.74) is 4.27. The number of ether oxygens (including phenoxy) is 1. The van der Waals surface area contributed by atoms with E-state index in [1.54, 1.807) is 22.9 Å². The van der Waals surface area contributed by atoms with Crippen molar-refractivity contribution in [3.63, 3.8) is 0 Å². The second-order valence-electron chi connectivity index (χ2n) is 9.56. The van der Waals surface area contributed by atoms with Crippen LogP contribution < -0.4 is 10.1 Å². The molecule has 1 aliphatic rings. The number of amides is 1. The van der Waals surface area contributed by atoms with Crippen LogP contribution in [-0.2, 0) is 6.61 Å². The molecule has 3 aromatic carbocycles. The van der Waals surface area contributed by atoms with Crippen LogP contribution >= 0.6 is 23.2 Å². The summed E-state index contributed by atoms with van der Waals surface area (Å²) in [4.78, 5) is 13.3. The molecule has 1 aliphatic carbocycles. The Morgan fingerprint density at radius 3 is 2.50 bits per heavy atom. The van der Waals surface area contributed by atoms with E-state index in [0.29, 0.717) is 34.3 Å². The van der Waals surface area contributed by atoms with Crippen molar-refractivity contribution in [1.82, 2.24) is 15.1 Å². The first-order valence-electron chi connectivity index (χ1n) is 12.7. The highest BCUT2D eigenvalue weighted by molar-refractivity contribution is 6.35. The molecular formula is C30H29Cl2N3O3. The number of aliphatic hydroxyl groups is 1. The molecule has 0 unspecified atom stereocenters. The van der Waals surface area contributed by atoms with Gasteiger partial charge in [0.1, 0.15) is 12.4 Å². The van der Waals surface area contributed by atoms with Crippen molar-refractivity contribution in [2.24, 2.45) is 0 Å². The number of carbonyl (C=O) groups excluding carboxylic acids is 1. The lowest BCUT2D eigenvalue weighted by Crippen LogP contribution is -2.45. The van der Waals surface area contributed by atoms with Crippen LogP contribution in [0, 0.1) is 6.92 Å². The summed E-state index contributed by atoms with van der Waals surface area (Å²) in [6, 6.07) is 22.5. The summed E-state index contributed by atoms with van der Waals surface area (Å²) in [6.45, 7) is 2.34. The molecule has 1 heterocycles. The number of benzene rings is 3. The predicted octanol–water partition coefficient (Wildman–Crippen LogP) is 6.77. The van der Waals surface area contributed by atoms with Crippen LogP contribution in [0.4, 0.5) is 0 Å². The van der Waals surface area contributed by atoms with Crippen molar-refractivity contribution < 1.29 is 14.6 Å². The normalized spacial score (nSPS) is 17.3. The third-order valence-electron chi connectivity index (χ3n) is 6.90. The van der Waals surface area contributed by atoms with Crippen LogP contribution in [0.3, 0.4) is 0 Å². The van der Waals surface area contributed by atoms with Crippen molar-refractivity contribution >= 4 is 29.1 Å². The Morgan fingerprint density at radius 2 is 1.79 bits per heavy atom. The maximum atomic E-state index is 13.3. The first kappa shape index (κ1) is 26.3. The molecule has 8 heteroatoms. The van der Waals surface area contributed by atoms with Crippen LogP contribution in [0.5, 0.6) is 5.75 Å². The molecule has 0 bridgehead atoms. The molecule has 0 aliphatic heterocycles. The number of aliphatic hydroxyl groups excluding tert-OH is 1. The van der Waals surface area contributed by atoms with E-state index >= 15 is 0 Å². The van der Waals surface area contributed by atoms with Gasteiger partial charge in [0, 0.05) is 16.1 Å². The number of rotatable bonds is 7. The van der Waals surface area contributed by atoms with E-state index in [4.69, 9.17) is 33.0 Å². The van der Waals surface area contributed by atoms with Gasteiger partial charge in [0.2, 0.25) is 0 Å². The SMILES string of the molecule is Cc1c(C(=O)N[C@H]2CCCC[C@H]2O)nn(-c2ccc(Cl)cc2Cl)c1-c1ccc(OCc2ccccc2)cc1. The monoisotopic (exact) mass is 549 g/mol. The van der Waals surface area contributed by atoms with Gasteiger partial charge in [-0.15, -0.1) is 0 Å². The zero-order chi connectivity index (χ0) is 26.6. The lowest BCUT2D eigenvalue weighted by atomic mass is 9.92. The Balaban J connectivity index is 1.48.